The minimum Gasteiger partial charge on any atom is -0.508 e. The van der Waals surface area contributed by atoms with E-state index in [-0.39, 0.29) is 103 Å². The van der Waals surface area contributed by atoms with Gasteiger partial charge in [0.25, 0.3) is 0 Å². The highest BCUT2D eigenvalue weighted by molar-refractivity contribution is 5.51. The summed E-state index contributed by atoms with van der Waals surface area (Å²) in [5.74, 6) is 9.55. The Kier molecular flexibility index (Phi) is 48.3. The number of likely N-dealkylation sites (tertiary alicyclic amines) is 7. The van der Waals surface area contributed by atoms with E-state index in [2.05, 4.69) is 184 Å². The molecule has 0 saturated carbocycles. The number of hydrogen-bond donors (Lipinski definition) is 7. The zero-order chi connectivity index (χ0) is 97.5. The van der Waals surface area contributed by atoms with Gasteiger partial charge >= 0.3 is 0 Å². The SMILES string of the molecule is CCOC1CN(C)C[C@@H](CC)[C@@H]1c1ccc(OC)cc1.CCOC1CN(C)C[C@@H](CC)[C@@H]1c1ccc(OC)cc1.CCOC1CN(C)C[C@@H](CC=O)[C@@H]1c1ccc(OC)cc1.CCOC1CN(C)C[C@@H](CO)[C@@H]1c1ccc(OC)cc1.CC[C@@H]1CN(C)CC(O)[C@H]1c1ccc(OC)cc1.CN1C[C@@H](CO)[C@H](c2ccc(O)cc2)[C@@H](O)C1.COc1ccc([C@@H]2C(O)CN(C)C[C@H]2CO)cc1. The number of carbonyl (C=O) groups is 1. The molecule has 7 aliphatic rings. The van der Waals surface area contributed by atoms with Crippen LogP contribution in [0.15, 0.2) is 170 Å². The Bertz CT molecular complexity index is 4060. The summed E-state index contributed by atoms with van der Waals surface area (Å²) in [6, 6.07) is 56.0. The Morgan fingerprint density at radius 1 is 0.261 bits per heavy atom. The van der Waals surface area contributed by atoms with Crippen LogP contribution >= 0.6 is 0 Å². The van der Waals surface area contributed by atoms with Gasteiger partial charge in [0, 0.05) is 203 Å². The van der Waals surface area contributed by atoms with Crippen LogP contribution in [-0.2, 0) is 23.7 Å². The number of β-amino-alcohol motifs (C(OH)–C–C–N with tert-alkyl or cyclic N) is 3. The van der Waals surface area contributed by atoms with Crippen molar-refractivity contribution in [2.45, 2.75) is 158 Å². The van der Waals surface area contributed by atoms with E-state index in [0.717, 1.165) is 150 Å². The molecular weight excluding hydrogens is 1700 g/mol. The summed E-state index contributed by atoms with van der Waals surface area (Å²) in [5.41, 5.74) is 8.47. The Morgan fingerprint density at radius 3 is 0.657 bits per heavy atom. The highest BCUT2D eigenvalue weighted by Gasteiger charge is 2.43. The number of phenolic OH excluding ortho intramolecular Hbond substituents is 1. The Labute approximate surface area is 802 Å². The lowest BCUT2D eigenvalue weighted by Gasteiger charge is -2.42. The molecule has 0 spiro atoms. The second-order valence-electron chi connectivity index (χ2n) is 37.6. The summed E-state index contributed by atoms with van der Waals surface area (Å²) in [4.78, 5) is 26.6. The summed E-state index contributed by atoms with van der Waals surface area (Å²) in [6.45, 7) is 30.9. The predicted octanol–water partition coefficient (Wildman–Crippen LogP) is 13.6. The van der Waals surface area contributed by atoms with Crippen molar-refractivity contribution in [3.05, 3.63) is 209 Å². The molecule has 746 valence electrons. The van der Waals surface area contributed by atoms with Crippen molar-refractivity contribution >= 4 is 6.29 Å². The Hall–Kier alpha value is -7.87. The van der Waals surface area contributed by atoms with Gasteiger partial charge in [-0.3, -0.25) is 0 Å². The normalized spacial score (nSPS) is 28.2. The fourth-order valence-electron chi connectivity index (χ4n) is 21.8. The quantitative estimate of drug-likeness (QED) is 0.0215. The van der Waals surface area contributed by atoms with E-state index in [1.54, 1.807) is 54.8 Å². The van der Waals surface area contributed by atoms with Gasteiger partial charge in [-0.25, -0.2) is 0 Å². The van der Waals surface area contributed by atoms with Crippen molar-refractivity contribution in [3.63, 3.8) is 0 Å². The Balaban J connectivity index is 0.000000193. The predicted molar refractivity (Wildman–Crippen MR) is 535 cm³/mol. The second-order valence-corrected chi connectivity index (χ2v) is 37.6. The average molecular weight is 1860 g/mol. The molecule has 25 heteroatoms. The molecule has 14 rings (SSSR count). The number of likely N-dealkylation sites (N-methyl/N-ethyl adjacent to an activating group) is 7. The third-order valence-corrected chi connectivity index (χ3v) is 28.2. The molecule has 7 saturated heterocycles. The molecule has 7 aliphatic heterocycles. The number of aliphatic hydroxyl groups excluding tert-OH is 6. The topological polar surface area (TPSA) is 274 Å². The molecule has 7 heterocycles. The van der Waals surface area contributed by atoms with E-state index in [9.17, 15) is 40.5 Å². The fraction of sp³-hybridized carbons (Fsp3) is 0.606. The van der Waals surface area contributed by atoms with Crippen molar-refractivity contribution in [2.24, 2.45) is 41.4 Å². The molecule has 21 atom stereocenters. The van der Waals surface area contributed by atoms with Gasteiger partial charge in [-0.15, -0.1) is 0 Å². The number of hydrogen-bond acceptors (Lipinski definition) is 25. The lowest BCUT2D eigenvalue weighted by Crippen LogP contribution is -2.48. The molecule has 134 heavy (non-hydrogen) atoms. The van der Waals surface area contributed by atoms with Crippen LogP contribution in [0.5, 0.6) is 40.2 Å². The van der Waals surface area contributed by atoms with E-state index < -0.39 is 12.2 Å². The molecule has 0 amide bonds. The minimum atomic E-state index is -0.476. The van der Waals surface area contributed by atoms with Crippen LogP contribution < -0.4 is 28.4 Å². The number of benzene rings is 7. The number of carbonyl (C=O) groups excluding carboxylic acids is 1. The monoisotopic (exact) mass is 1860 g/mol. The second kappa shape index (κ2) is 58.1. The van der Waals surface area contributed by atoms with Gasteiger partial charge < -0.3 is 122 Å². The van der Waals surface area contributed by atoms with Gasteiger partial charge in [-0.1, -0.05) is 125 Å². The maximum absolute atomic E-state index is 11.0. The summed E-state index contributed by atoms with van der Waals surface area (Å²) in [5, 5.41) is 68.6. The van der Waals surface area contributed by atoms with Gasteiger partial charge in [-0.2, -0.15) is 0 Å². The van der Waals surface area contributed by atoms with Crippen molar-refractivity contribution in [1.29, 1.82) is 0 Å². The van der Waals surface area contributed by atoms with E-state index in [1.807, 2.05) is 106 Å². The number of ether oxygens (including phenoxy) is 10. The van der Waals surface area contributed by atoms with Crippen LogP contribution in [0, 0.1) is 41.4 Å². The van der Waals surface area contributed by atoms with Crippen molar-refractivity contribution in [2.75, 3.05) is 230 Å². The maximum atomic E-state index is 11.0. The van der Waals surface area contributed by atoms with Crippen molar-refractivity contribution in [1.82, 2.24) is 34.3 Å². The maximum Gasteiger partial charge on any atom is 0.120 e. The molecule has 7 fully saturated rings. The number of phenols is 1. The van der Waals surface area contributed by atoms with Crippen molar-refractivity contribution < 1.29 is 87.9 Å². The summed E-state index contributed by atoms with van der Waals surface area (Å²) >= 11 is 0. The molecule has 6 unspecified atom stereocenters. The molecular formula is C109H167N7O18. The van der Waals surface area contributed by atoms with Crippen LogP contribution in [0.25, 0.3) is 0 Å². The largest absolute Gasteiger partial charge is 0.508 e. The molecule has 0 bridgehead atoms. The van der Waals surface area contributed by atoms with E-state index in [0.29, 0.717) is 68.2 Å². The minimum absolute atomic E-state index is 0.00268. The highest BCUT2D eigenvalue weighted by Crippen LogP contribution is 2.44. The molecule has 0 radical (unpaired) electrons. The van der Waals surface area contributed by atoms with E-state index >= 15 is 0 Å². The third-order valence-electron chi connectivity index (χ3n) is 28.2. The third kappa shape index (κ3) is 32.4. The summed E-state index contributed by atoms with van der Waals surface area (Å²) in [6.07, 6.45) is 4.72. The highest BCUT2D eigenvalue weighted by atomic mass is 16.5. The lowest BCUT2D eigenvalue weighted by molar-refractivity contribution is -0.110. The van der Waals surface area contributed by atoms with Gasteiger partial charge in [-0.05, 0) is 225 Å². The van der Waals surface area contributed by atoms with Crippen LogP contribution in [0.2, 0.25) is 0 Å². The number of methoxy groups -OCH3 is 6. The number of nitrogens with zero attached hydrogens (tertiary/aromatic N) is 7. The molecule has 7 N–H and O–H groups in total. The van der Waals surface area contributed by atoms with E-state index in [1.165, 1.54) is 40.7 Å². The van der Waals surface area contributed by atoms with Crippen LogP contribution in [-0.4, -0.2) is 349 Å². The number of aldehydes is 1. The van der Waals surface area contributed by atoms with Crippen LogP contribution in [0.4, 0.5) is 0 Å². The molecule has 7 aromatic carbocycles. The summed E-state index contributed by atoms with van der Waals surface area (Å²) in [7, 11) is 24.6. The van der Waals surface area contributed by atoms with Crippen molar-refractivity contribution in [3.8, 4) is 40.2 Å². The van der Waals surface area contributed by atoms with Crippen LogP contribution in [0.3, 0.4) is 0 Å². The smallest absolute Gasteiger partial charge is 0.120 e. The molecule has 7 aromatic rings. The van der Waals surface area contributed by atoms with E-state index in [4.69, 9.17) is 47.4 Å². The first kappa shape index (κ1) is 111. The van der Waals surface area contributed by atoms with Crippen LogP contribution in [0.1, 0.15) is 155 Å². The number of aliphatic hydroxyl groups is 6. The first-order valence-electron chi connectivity index (χ1n) is 48.9. The fourth-order valence-corrected chi connectivity index (χ4v) is 21.8. The van der Waals surface area contributed by atoms with Gasteiger partial charge in [0.2, 0.25) is 0 Å². The molecule has 0 aromatic heterocycles. The van der Waals surface area contributed by atoms with Gasteiger partial charge in [0.05, 0.1) is 85.4 Å². The standard InChI is InChI=1S/C17H25NO3.2C17H27NO2.C16H25NO3.C15H23NO2.C14H21NO3.C13H19NO3/c1-4-21-16-12-18(2)11-14(9-10-19)17(16)13-5-7-15(20-3)8-6-13;2*1-5-13-11-18(3)12-16(20-6-2)17(13)14-7-9-15(19-4)10-8-14;1-4-20-15-10-17(2)9-13(11-18)16(15)12-5-7-14(19-3)8-6-12;1-4-11-9-16(2)10-14(17)15(11)12-5-7-13(18-3)8-6-12;1-15-7-11(9-16)14(13(17)8-15)10-3-5-12(18-2)6-4-10;1-14-6-10(8-15)13(12(17)7-14)9-2-4-11(16)5-3-9/h5-8,10,14,16-17H,4,9,11-12H2,1-3H3;2*7-10,13,16-17H,5-6,11-12H2,1-4H3;5-8,13,15-16,18H,4,9-11H2,1-3H3;5-8,11,14-15,17H,4,9-10H2,1-3H3;3-6,11,13-14,16-17H,7-9H2,1-2H3;2-5,10,12-13,15-17H,6-8H2,1H3/t14-,16?,17+;2*13-,16?,17-;13-,15?,16-;11-,14?,15-;11-,13?,14-;10-,12-,13-/m1110100/s1. The number of piperidine rings is 7. The zero-order valence-corrected chi connectivity index (χ0v) is 84.3. The molecule has 25 nitrogen and oxygen atoms in total. The average Bonchev–Trinajstić information content (AvgIpc) is 0.791. The number of aromatic hydroxyl groups is 1. The number of rotatable bonds is 29. The molecule has 0 aliphatic carbocycles. The Morgan fingerprint density at radius 2 is 0.440 bits per heavy atom. The zero-order valence-electron chi connectivity index (χ0n) is 84.3. The summed E-state index contributed by atoms with van der Waals surface area (Å²) < 4.78 is 55.2. The lowest BCUT2D eigenvalue weighted by atomic mass is 9.77. The first-order valence-corrected chi connectivity index (χ1v) is 48.9. The van der Waals surface area contributed by atoms with Gasteiger partial charge in [0.1, 0.15) is 46.5 Å². The first-order chi connectivity index (χ1) is 64.7. The van der Waals surface area contributed by atoms with Gasteiger partial charge in [0.15, 0.2) is 0 Å².